The fourth-order valence-corrected chi connectivity index (χ4v) is 5.30. The van der Waals surface area contributed by atoms with E-state index in [1.54, 1.807) is 0 Å². The molecule has 0 saturated heterocycles. The van der Waals surface area contributed by atoms with E-state index in [1.807, 2.05) is 0 Å². The van der Waals surface area contributed by atoms with Crippen molar-refractivity contribution in [1.82, 2.24) is 19.9 Å². The molecule has 4 nitrogen and oxygen atoms in total. The average Bonchev–Trinajstić information content (AvgIpc) is 3.25. The van der Waals surface area contributed by atoms with Crippen LogP contribution in [0.4, 0.5) is 0 Å². The van der Waals surface area contributed by atoms with Gasteiger partial charge in [-0.3, -0.25) is 4.98 Å². The highest BCUT2D eigenvalue weighted by molar-refractivity contribution is 6.03. The molecule has 4 aromatic rings. The molecular formula is C34H48N4. The fraction of sp³-hybridized carbons (Fsp3) is 0.529. The number of nitrogens with zero attached hydrogens (tertiary/aromatic N) is 3. The number of pyridine rings is 1. The molecule has 204 valence electrons. The summed E-state index contributed by atoms with van der Waals surface area (Å²) in [6.07, 6.45) is 10.8. The SMILES string of the molecule is CCCCCCCNCc1ccc(Cn2c(CCCC)nc3c(CC(C)(C)C)nc4ccccc4c32)cc1. The molecule has 2 heterocycles. The Hall–Kier alpha value is -2.72. The van der Waals surface area contributed by atoms with Crippen molar-refractivity contribution in [1.29, 1.82) is 0 Å². The van der Waals surface area contributed by atoms with Crippen molar-refractivity contribution < 1.29 is 0 Å². The molecule has 0 radical (unpaired) electrons. The van der Waals surface area contributed by atoms with E-state index in [4.69, 9.17) is 9.97 Å². The number of hydrogen-bond donors (Lipinski definition) is 1. The predicted octanol–water partition coefficient (Wildman–Crippen LogP) is 8.62. The van der Waals surface area contributed by atoms with Crippen molar-refractivity contribution in [2.75, 3.05) is 6.54 Å². The molecule has 0 saturated carbocycles. The third-order valence-electron chi connectivity index (χ3n) is 7.34. The van der Waals surface area contributed by atoms with Gasteiger partial charge < -0.3 is 9.88 Å². The van der Waals surface area contributed by atoms with E-state index in [-0.39, 0.29) is 5.41 Å². The third-order valence-corrected chi connectivity index (χ3v) is 7.34. The van der Waals surface area contributed by atoms with Crippen LogP contribution in [0.25, 0.3) is 21.9 Å². The molecule has 1 N–H and O–H groups in total. The van der Waals surface area contributed by atoms with E-state index in [1.165, 1.54) is 60.0 Å². The Morgan fingerprint density at radius 3 is 2.24 bits per heavy atom. The minimum atomic E-state index is 0.148. The Kier molecular flexibility index (Phi) is 9.96. The molecular weight excluding hydrogens is 464 g/mol. The standard InChI is InChI=1S/C34H48N4/c1-6-8-10-11-14-22-35-24-26-18-20-27(21-19-26)25-38-31(17-9-7-2)37-32-30(23-34(3,4)5)36-29-16-13-12-15-28(29)33(32)38/h12-13,15-16,18-21,35H,6-11,14,17,22-25H2,1-5H3. The topological polar surface area (TPSA) is 42.7 Å². The molecule has 0 amide bonds. The van der Waals surface area contributed by atoms with Gasteiger partial charge in [0.25, 0.3) is 0 Å². The predicted molar refractivity (Wildman–Crippen MR) is 163 cm³/mol. The summed E-state index contributed by atoms with van der Waals surface area (Å²) in [5.41, 5.74) is 7.35. The van der Waals surface area contributed by atoms with Crippen LogP contribution in [0.2, 0.25) is 0 Å². The van der Waals surface area contributed by atoms with Crippen molar-refractivity contribution in [3.63, 3.8) is 0 Å². The smallest absolute Gasteiger partial charge is 0.111 e. The maximum absolute atomic E-state index is 5.27. The lowest BCUT2D eigenvalue weighted by Crippen LogP contribution is -2.14. The minimum Gasteiger partial charge on any atom is -0.323 e. The second kappa shape index (κ2) is 13.4. The molecule has 0 aliphatic rings. The van der Waals surface area contributed by atoms with Crippen molar-refractivity contribution in [3.05, 3.63) is 71.2 Å². The van der Waals surface area contributed by atoms with Crippen LogP contribution in [0, 0.1) is 5.41 Å². The first-order chi connectivity index (χ1) is 18.4. The summed E-state index contributed by atoms with van der Waals surface area (Å²) in [6.45, 7) is 14.3. The minimum absolute atomic E-state index is 0.148. The maximum atomic E-state index is 5.27. The molecule has 4 rings (SSSR count). The number of rotatable bonds is 14. The van der Waals surface area contributed by atoms with Crippen molar-refractivity contribution >= 4 is 21.9 Å². The summed E-state index contributed by atoms with van der Waals surface area (Å²) in [4.78, 5) is 10.4. The van der Waals surface area contributed by atoms with Crippen molar-refractivity contribution in [2.24, 2.45) is 5.41 Å². The van der Waals surface area contributed by atoms with Gasteiger partial charge in [-0.1, -0.05) is 109 Å². The quantitative estimate of drug-likeness (QED) is 0.172. The van der Waals surface area contributed by atoms with Crippen LogP contribution in [0.15, 0.2) is 48.5 Å². The Morgan fingerprint density at radius 1 is 0.789 bits per heavy atom. The zero-order valence-electron chi connectivity index (χ0n) is 24.4. The molecule has 2 aromatic carbocycles. The van der Waals surface area contributed by atoms with Gasteiger partial charge in [-0.15, -0.1) is 0 Å². The highest BCUT2D eigenvalue weighted by atomic mass is 15.1. The molecule has 0 spiro atoms. The van der Waals surface area contributed by atoms with Crippen molar-refractivity contribution in [3.8, 4) is 0 Å². The third kappa shape index (κ3) is 7.44. The van der Waals surface area contributed by atoms with E-state index in [0.29, 0.717) is 0 Å². The summed E-state index contributed by atoms with van der Waals surface area (Å²) in [7, 11) is 0. The molecule has 0 fully saturated rings. The van der Waals surface area contributed by atoms with E-state index in [2.05, 4.69) is 93.0 Å². The first-order valence-corrected chi connectivity index (χ1v) is 14.9. The number of para-hydroxylation sites is 1. The summed E-state index contributed by atoms with van der Waals surface area (Å²) in [5.74, 6) is 1.18. The van der Waals surface area contributed by atoms with Gasteiger partial charge in [0.1, 0.15) is 11.3 Å². The van der Waals surface area contributed by atoms with Gasteiger partial charge in [-0.05, 0) is 48.4 Å². The monoisotopic (exact) mass is 512 g/mol. The second-order valence-corrected chi connectivity index (χ2v) is 12.1. The van der Waals surface area contributed by atoms with Crippen LogP contribution in [0.5, 0.6) is 0 Å². The molecule has 0 bridgehead atoms. The lowest BCUT2D eigenvalue weighted by molar-refractivity contribution is 0.408. The number of nitrogens with one attached hydrogen (secondary N) is 1. The zero-order valence-corrected chi connectivity index (χ0v) is 24.4. The van der Waals surface area contributed by atoms with Crippen LogP contribution in [0.3, 0.4) is 0 Å². The maximum Gasteiger partial charge on any atom is 0.111 e. The molecule has 0 aliphatic carbocycles. The normalized spacial score (nSPS) is 12.1. The van der Waals surface area contributed by atoms with Gasteiger partial charge in [0, 0.05) is 24.9 Å². The highest BCUT2D eigenvalue weighted by Crippen LogP contribution is 2.32. The largest absolute Gasteiger partial charge is 0.323 e. The van der Waals surface area contributed by atoms with Crippen LogP contribution < -0.4 is 5.32 Å². The first-order valence-electron chi connectivity index (χ1n) is 14.9. The molecule has 0 unspecified atom stereocenters. The van der Waals surface area contributed by atoms with Crippen LogP contribution in [0.1, 0.15) is 102 Å². The number of benzene rings is 2. The summed E-state index contributed by atoms with van der Waals surface area (Å²) < 4.78 is 2.48. The Balaban J connectivity index is 1.60. The van der Waals surface area contributed by atoms with Gasteiger partial charge in [0.2, 0.25) is 0 Å². The number of aromatic nitrogens is 3. The van der Waals surface area contributed by atoms with E-state index < -0.39 is 0 Å². The molecule has 0 atom stereocenters. The Labute approximate surface area is 230 Å². The van der Waals surface area contributed by atoms with Gasteiger partial charge in [0.15, 0.2) is 0 Å². The van der Waals surface area contributed by atoms with Gasteiger partial charge in [0.05, 0.1) is 16.7 Å². The molecule has 2 aromatic heterocycles. The lowest BCUT2D eigenvalue weighted by Gasteiger charge is -2.18. The summed E-state index contributed by atoms with van der Waals surface area (Å²) in [6, 6.07) is 17.8. The molecule has 0 aliphatic heterocycles. The van der Waals surface area contributed by atoms with Gasteiger partial charge in [-0.2, -0.15) is 0 Å². The van der Waals surface area contributed by atoms with Gasteiger partial charge in [-0.25, -0.2) is 4.98 Å². The van der Waals surface area contributed by atoms with E-state index in [0.717, 1.165) is 62.0 Å². The van der Waals surface area contributed by atoms with E-state index in [9.17, 15) is 0 Å². The number of unbranched alkanes of at least 4 members (excludes halogenated alkanes) is 5. The number of imidazole rings is 1. The van der Waals surface area contributed by atoms with Crippen LogP contribution >= 0.6 is 0 Å². The second-order valence-electron chi connectivity index (χ2n) is 12.1. The molecule has 4 heteroatoms. The number of hydrogen-bond acceptors (Lipinski definition) is 3. The van der Waals surface area contributed by atoms with Gasteiger partial charge >= 0.3 is 0 Å². The summed E-state index contributed by atoms with van der Waals surface area (Å²) in [5, 5.41) is 4.83. The molecule has 38 heavy (non-hydrogen) atoms. The van der Waals surface area contributed by atoms with Crippen molar-refractivity contribution in [2.45, 2.75) is 105 Å². The Bertz CT molecular complexity index is 1290. The van der Waals surface area contributed by atoms with E-state index >= 15 is 0 Å². The lowest BCUT2D eigenvalue weighted by atomic mass is 9.89. The Morgan fingerprint density at radius 2 is 1.50 bits per heavy atom. The van der Waals surface area contributed by atoms with Crippen LogP contribution in [-0.4, -0.2) is 21.1 Å². The highest BCUT2D eigenvalue weighted by Gasteiger charge is 2.22. The number of aryl methyl sites for hydroxylation is 1. The zero-order chi connectivity index (χ0) is 27.0. The fourth-order valence-electron chi connectivity index (χ4n) is 5.30. The number of fused-ring (bicyclic) bond motifs is 3. The average molecular weight is 513 g/mol. The summed E-state index contributed by atoms with van der Waals surface area (Å²) >= 11 is 0. The first kappa shape index (κ1) is 28.3. The van der Waals surface area contributed by atoms with Crippen LogP contribution in [-0.2, 0) is 25.9 Å².